The number of terminal acetylenes is 1. The Labute approximate surface area is 126 Å². The molecule has 0 fully saturated rings. The van der Waals surface area contributed by atoms with Crippen molar-refractivity contribution in [3.63, 3.8) is 0 Å². The van der Waals surface area contributed by atoms with E-state index in [1.54, 1.807) is 0 Å². The SMILES string of the molecule is C#CC(NC(=O)OC(C)(C)C)C1CCc2ccc(N)cc21. The van der Waals surface area contributed by atoms with Gasteiger partial charge in [-0.25, -0.2) is 4.79 Å². The van der Waals surface area contributed by atoms with Crippen molar-refractivity contribution in [1.29, 1.82) is 0 Å². The van der Waals surface area contributed by atoms with E-state index in [9.17, 15) is 4.79 Å². The average Bonchev–Trinajstić information content (AvgIpc) is 2.76. The molecule has 0 saturated carbocycles. The van der Waals surface area contributed by atoms with Gasteiger partial charge >= 0.3 is 6.09 Å². The van der Waals surface area contributed by atoms with Crippen molar-refractivity contribution < 1.29 is 9.53 Å². The molecular weight excluding hydrogens is 264 g/mol. The molecule has 0 heterocycles. The predicted octanol–water partition coefficient (Wildman–Crippen LogP) is 2.83. The molecule has 0 aliphatic heterocycles. The second kappa shape index (κ2) is 5.69. The summed E-state index contributed by atoms with van der Waals surface area (Å²) in [7, 11) is 0. The number of amides is 1. The van der Waals surface area contributed by atoms with Crippen LogP contribution in [0.3, 0.4) is 0 Å². The molecule has 0 aromatic heterocycles. The maximum Gasteiger partial charge on any atom is 0.408 e. The number of nitrogen functional groups attached to an aromatic ring is 1. The van der Waals surface area contributed by atoms with Crippen LogP contribution in [0.1, 0.15) is 44.2 Å². The number of carbonyl (C=O) groups excluding carboxylic acids is 1. The fraction of sp³-hybridized carbons (Fsp3) is 0.471. The molecule has 1 aliphatic carbocycles. The summed E-state index contributed by atoms with van der Waals surface area (Å²) in [5.41, 5.74) is 8.42. The third-order valence-electron chi connectivity index (χ3n) is 3.55. The molecule has 2 unspecified atom stereocenters. The lowest BCUT2D eigenvalue weighted by Crippen LogP contribution is -2.41. The largest absolute Gasteiger partial charge is 0.444 e. The maximum atomic E-state index is 11.9. The summed E-state index contributed by atoms with van der Waals surface area (Å²) in [5, 5.41) is 2.79. The van der Waals surface area contributed by atoms with Gasteiger partial charge in [0.25, 0.3) is 0 Å². The van der Waals surface area contributed by atoms with E-state index in [0.717, 1.165) is 18.4 Å². The first kappa shape index (κ1) is 15.2. The molecule has 3 N–H and O–H groups in total. The summed E-state index contributed by atoms with van der Waals surface area (Å²) >= 11 is 0. The lowest BCUT2D eigenvalue weighted by atomic mass is 9.93. The summed E-state index contributed by atoms with van der Waals surface area (Å²) in [5.74, 6) is 2.75. The highest BCUT2D eigenvalue weighted by Crippen LogP contribution is 2.36. The van der Waals surface area contributed by atoms with E-state index >= 15 is 0 Å². The van der Waals surface area contributed by atoms with Crippen molar-refractivity contribution in [3.8, 4) is 12.3 Å². The lowest BCUT2D eigenvalue weighted by Gasteiger charge is -2.24. The van der Waals surface area contributed by atoms with Crippen LogP contribution in [0.15, 0.2) is 18.2 Å². The smallest absolute Gasteiger partial charge is 0.408 e. The van der Waals surface area contributed by atoms with Crippen LogP contribution in [0.5, 0.6) is 0 Å². The predicted molar refractivity (Wildman–Crippen MR) is 83.9 cm³/mol. The number of alkyl carbamates (subject to hydrolysis) is 1. The fourth-order valence-corrected chi connectivity index (χ4v) is 2.69. The van der Waals surface area contributed by atoms with Gasteiger partial charge in [-0.3, -0.25) is 0 Å². The van der Waals surface area contributed by atoms with E-state index in [-0.39, 0.29) is 12.0 Å². The van der Waals surface area contributed by atoms with Gasteiger partial charge in [-0.15, -0.1) is 6.42 Å². The Bertz CT molecular complexity index is 581. The molecule has 2 atom stereocenters. The number of aryl methyl sites for hydroxylation is 1. The third-order valence-corrected chi connectivity index (χ3v) is 3.55. The van der Waals surface area contributed by atoms with Gasteiger partial charge in [0.15, 0.2) is 0 Å². The number of rotatable bonds is 2. The molecule has 0 spiro atoms. The summed E-state index contributed by atoms with van der Waals surface area (Å²) in [6, 6.07) is 5.50. The first-order valence-corrected chi connectivity index (χ1v) is 7.14. The minimum atomic E-state index is -0.540. The summed E-state index contributed by atoms with van der Waals surface area (Å²) in [4.78, 5) is 11.9. The monoisotopic (exact) mass is 286 g/mol. The molecule has 0 radical (unpaired) electrons. The van der Waals surface area contributed by atoms with Gasteiger partial charge in [-0.05, 0) is 56.9 Å². The Morgan fingerprint density at radius 3 is 2.86 bits per heavy atom. The minimum absolute atomic E-state index is 0.0843. The van der Waals surface area contributed by atoms with E-state index in [2.05, 4.69) is 11.2 Å². The third kappa shape index (κ3) is 3.69. The number of fused-ring (bicyclic) bond motifs is 1. The van der Waals surface area contributed by atoms with E-state index in [0.29, 0.717) is 5.69 Å². The first-order valence-electron chi connectivity index (χ1n) is 7.14. The minimum Gasteiger partial charge on any atom is -0.444 e. The topological polar surface area (TPSA) is 64.3 Å². The van der Waals surface area contributed by atoms with Gasteiger partial charge in [0, 0.05) is 11.6 Å². The molecule has 4 nitrogen and oxygen atoms in total. The van der Waals surface area contributed by atoms with Crippen molar-refractivity contribution in [2.75, 3.05) is 5.73 Å². The second-order valence-corrected chi connectivity index (χ2v) is 6.39. The van der Waals surface area contributed by atoms with Crippen LogP contribution in [-0.4, -0.2) is 17.7 Å². The zero-order valence-corrected chi connectivity index (χ0v) is 12.8. The van der Waals surface area contributed by atoms with Crippen LogP contribution in [0.2, 0.25) is 0 Å². The highest BCUT2D eigenvalue weighted by atomic mass is 16.6. The van der Waals surface area contributed by atoms with Gasteiger partial charge < -0.3 is 15.8 Å². The number of carbonyl (C=O) groups is 1. The van der Waals surface area contributed by atoms with Crippen molar-refractivity contribution in [1.82, 2.24) is 5.32 Å². The zero-order chi connectivity index (χ0) is 15.6. The summed E-state index contributed by atoms with van der Waals surface area (Å²) in [6.07, 6.45) is 6.98. The van der Waals surface area contributed by atoms with Crippen molar-refractivity contribution in [3.05, 3.63) is 29.3 Å². The number of nitrogens with one attached hydrogen (secondary N) is 1. The molecule has 1 aromatic carbocycles. The molecule has 2 rings (SSSR count). The molecule has 0 saturated heterocycles. The molecule has 1 aliphatic rings. The molecule has 21 heavy (non-hydrogen) atoms. The fourth-order valence-electron chi connectivity index (χ4n) is 2.69. The van der Waals surface area contributed by atoms with Crippen LogP contribution in [-0.2, 0) is 11.2 Å². The van der Waals surface area contributed by atoms with Crippen LogP contribution in [0, 0.1) is 12.3 Å². The van der Waals surface area contributed by atoms with Crippen molar-refractivity contribution in [2.45, 2.75) is 51.2 Å². The van der Waals surface area contributed by atoms with Gasteiger partial charge in [-0.2, -0.15) is 0 Å². The highest BCUT2D eigenvalue weighted by Gasteiger charge is 2.31. The van der Waals surface area contributed by atoms with E-state index in [1.807, 2.05) is 39.0 Å². The van der Waals surface area contributed by atoms with Gasteiger partial charge in [0.05, 0.1) is 0 Å². The number of anilines is 1. The summed E-state index contributed by atoms with van der Waals surface area (Å²) in [6.45, 7) is 5.47. The van der Waals surface area contributed by atoms with E-state index < -0.39 is 11.7 Å². The van der Waals surface area contributed by atoms with E-state index in [1.165, 1.54) is 5.56 Å². The normalized spacial score (nSPS) is 18.5. The molecule has 4 heteroatoms. The van der Waals surface area contributed by atoms with Gasteiger partial charge in [-0.1, -0.05) is 12.0 Å². The van der Waals surface area contributed by atoms with Crippen LogP contribution < -0.4 is 11.1 Å². The Morgan fingerprint density at radius 2 is 2.24 bits per heavy atom. The maximum absolute atomic E-state index is 11.9. The lowest BCUT2D eigenvalue weighted by molar-refractivity contribution is 0.0510. The van der Waals surface area contributed by atoms with Crippen LogP contribution in [0.25, 0.3) is 0 Å². The Morgan fingerprint density at radius 1 is 1.52 bits per heavy atom. The zero-order valence-electron chi connectivity index (χ0n) is 12.8. The number of hydrogen-bond donors (Lipinski definition) is 2. The number of ether oxygens (including phenoxy) is 1. The average molecular weight is 286 g/mol. The van der Waals surface area contributed by atoms with Gasteiger partial charge in [0.2, 0.25) is 0 Å². The first-order chi connectivity index (χ1) is 9.80. The van der Waals surface area contributed by atoms with Crippen molar-refractivity contribution in [2.24, 2.45) is 0 Å². The number of benzene rings is 1. The Balaban J connectivity index is 2.12. The van der Waals surface area contributed by atoms with Crippen LogP contribution >= 0.6 is 0 Å². The Kier molecular flexibility index (Phi) is 4.13. The standard InChI is InChI=1S/C17H22N2O2/c1-5-15(19-16(20)21-17(2,3)4)13-9-7-11-6-8-12(18)10-14(11)13/h1,6,8,10,13,15H,7,9,18H2,2-4H3,(H,19,20). The quantitative estimate of drug-likeness (QED) is 0.649. The van der Waals surface area contributed by atoms with Gasteiger partial charge in [0.1, 0.15) is 11.6 Å². The molecule has 112 valence electrons. The molecule has 1 aromatic rings. The molecular formula is C17H22N2O2. The summed E-state index contributed by atoms with van der Waals surface area (Å²) < 4.78 is 5.27. The molecule has 1 amide bonds. The van der Waals surface area contributed by atoms with Crippen molar-refractivity contribution >= 4 is 11.8 Å². The number of nitrogens with two attached hydrogens (primary N) is 1. The number of hydrogen-bond acceptors (Lipinski definition) is 3. The Hall–Kier alpha value is -2.15. The van der Waals surface area contributed by atoms with Crippen LogP contribution in [0.4, 0.5) is 10.5 Å². The second-order valence-electron chi connectivity index (χ2n) is 6.39. The highest BCUT2D eigenvalue weighted by molar-refractivity contribution is 5.69. The van der Waals surface area contributed by atoms with E-state index in [4.69, 9.17) is 16.9 Å². The molecule has 0 bridgehead atoms.